The van der Waals surface area contributed by atoms with Crippen LogP contribution in [-0.2, 0) is 19.1 Å². The van der Waals surface area contributed by atoms with Gasteiger partial charge in [0, 0.05) is 6.54 Å². The minimum Gasteiger partial charge on any atom is -0.391 e. The third-order valence-corrected chi connectivity index (χ3v) is 1.98. The van der Waals surface area contributed by atoms with Crippen molar-refractivity contribution in [1.29, 1.82) is 0 Å². The molecule has 0 spiro atoms. The molecule has 0 aromatic heterocycles. The maximum atomic E-state index is 11.3. The average Bonchev–Trinajstić information content (AvgIpc) is 2.30. The van der Waals surface area contributed by atoms with Crippen LogP contribution in [0.15, 0.2) is 0 Å². The molecule has 106 valence electrons. The number of nitrogens with one attached hydrogen (secondary N) is 1. The minimum atomic E-state index is -0.941. The Hall–Kier alpha value is -1.22. The molecule has 0 aromatic carbocycles. The quantitative estimate of drug-likeness (QED) is 0.317. The second-order valence-electron chi connectivity index (χ2n) is 3.69. The lowest BCUT2D eigenvalue weighted by atomic mass is 10.2. The van der Waals surface area contributed by atoms with Crippen LogP contribution in [0.4, 0.5) is 0 Å². The largest absolute Gasteiger partial charge is 0.391 e. The molecule has 2 atom stereocenters. The summed E-state index contributed by atoms with van der Waals surface area (Å²) in [7, 11) is 0. The lowest BCUT2D eigenvalue weighted by molar-refractivity contribution is -0.125. The number of rotatable bonds is 10. The van der Waals surface area contributed by atoms with Crippen LogP contribution in [0.1, 0.15) is 6.92 Å². The zero-order valence-corrected chi connectivity index (χ0v) is 10.4. The molecular formula is C10H21N3O5. The maximum Gasteiger partial charge on any atom is 0.243 e. The molecule has 0 bridgehead atoms. The summed E-state index contributed by atoms with van der Waals surface area (Å²) in [5.41, 5.74) is 10.3. The molecule has 0 radical (unpaired) electrons. The van der Waals surface area contributed by atoms with Gasteiger partial charge >= 0.3 is 0 Å². The molecule has 2 amide bonds. The predicted octanol–water partition coefficient (Wildman–Crippen LogP) is -2.67. The van der Waals surface area contributed by atoms with E-state index in [2.05, 4.69) is 5.32 Å². The van der Waals surface area contributed by atoms with Crippen LogP contribution in [0, 0.1) is 0 Å². The topological polar surface area (TPSA) is 137 Å². The van der Waals surface area contributed by atoms with Crippen molar-refractivity contribution in [3.05, 3.63) is 0 Å². The van der Waals surface area contributed by atoms with Gasteiger partial charge in [-0.25, -0.2) is 0 Å². The number of aliphatic hydroxyl groups excluding tert-OH is 1. The molecule has 8 heteroatoms. The molecule has 6 N–H and O–H groups in total. The number of nitrogens with two attached hydrogens (primary N) is 2. The van der Waals surface area contributed by atoms with Crippen molar-refractivity contribution >= 4 is 11.8 Å². The third kappa shape index (κ3) is 8.88. The Balaban J connectivity index is 3.35. The van der Waals surface area contributed by atoms with Crippen molar-refractivity contribution in [2.24, 2.45) is 11.5 Å². The Labute approximate surface area is 106 Å². The van der Waals surface area contributed by atoms with Gasteiger partial charge in [-0.15, -0.1) is 0 Å². The van der Waals surface area contributed by atoms with Gasteiger partial charge in [-0.2, -0.15) is 0 Å². The van der Waals surface area contributed by atoms with E-state index in [9.17, 15) is 9.59 Å². The number of hydrogen-bond acceptors (Lipinski definition) is 6. The van der Waals surface area contributed by atoms with Crippen LogP contribution in [-0.4, -0.2) is 62.0 Å². The number of ether oxygens (including phenoxy) is 2. The molecular weight excluding hydrogens is 242 g/mol. The van der Waals surface area contributed by atoms with Gasteiger partial charge in [0.25, 0.3) is 0 Å². The SMILES string of the molecule is CC(O)C(N)C(=O)NCCOCCOCC(N)=O. The first-order chi connectivity index (χ1) is 8.45. The Morgan fingerprint density at radius 2 is 1.89 bits per heavy atom. The summed E-state index contributed by atoms with van der Waals surface area (Å²) in [6.45, 7) is 2.43. The Morgan fingerprint density at radius 1 is 1.28 bits per heavy atom. The highest BCUT2D eigenvalue weighted by Gasteiger charge is 2.17. The van der Waals surface area contributed by atoms with Crippen LogP contribution in [0.25, 0.3) is 0 Å². The fourth-order valence-electron chi connectivity index (χ4n) is 0.976. The van der Waals surface area contributed by atoms with E-state index in [0.29, 0.717) is 6.61 Å². The summed E-state index contributed by atoms with van der Waals surface area (Å²) in [5, 5.41) is 11.6. The fourth-order valence-corrected chi connectivity index (χ4v) is 0.976. The Kier molecular flexibility index (Phi) is 9.11. The van der Waals surface area contributed by atoms with Crippen molar-refractivity contribution in [3.8, 4) is 0 Å². The van der Waals surface area contributed by atoms with Crippen molar-refractivity contribution in [2.75, 3.05) is 33.0 Å². The molecule has 8 nitrogen and oxygen atoms in total. The van der Waals surface area contributed by atoms with E-state index in [-0.39, 0.29) is 26.4 Å². The molecule has 0 aliphatic carbocycles. The summed E-state index contributed by atoms with van der Waals surface area (Å²) >= 11 is 0. The third-order valence-electron chi connectivity index (χ3n) is 1.98. The number of primary amides is 1. The molecule has 0 heterocycles. The maximum absolute atomic E-state index is 11.3. The number of carbonyl (C=O) groups excluding carboxylic acids is 2. The zero-order chi connectivity index (χ0) is 14.0. The standard InChI is InChI=1S/C10H21N3O5/c1-7(14)9(12)10(16)13-2-3-17-4-5-18-6-8(11)15/h7,9,14H,2-6,12H2,1H3,(H2,11,15)(H,13,16). The van der Waals surface area contributed by atoms with Crippen LogP contribution in [0.2, 0.25) is 0 Å². The van der Waals surface area contributed by atoms with E-state index < -0.39 is 24.0 Å². The summed E-state index contributed by atoms with van der Waals surface area (Å²) in [6, 6.07) is -0.941. The average molecular weight is 263 g/mol. The van der Waals surface area contributed by atoms with Gasteiger partial charge in [-0.3, -0.25) is 9.59 Å². The number of amides is 2. The Bertz CT molecular complexity index is 260. The Morgan fingerprint density at radius 3 is 2.44 bits per heavy atom. The van der Waals surface area contributed by atoms with E-state index in [1.54, 1.807) is 0 Å². The summed E-state index contributed by atoms with van der Waals surface area (Å²) in [4.78, 5) is 21.6. The monoisotopic (exact) mass is 263 g/mol. The van der Waals surface area contributed by atoms with Gasteiger partial charge in [0.05, 0.1) is 25.9 Å². The molecule has 0 saturated carbocycles. The van der Waals surface area contributed by atoms with Gasteiger partial charge in [0.2, 0.25) is 11.8 Å². The predicted molar refractivity (Wildman–Crippen MR) is 63.5 cm³/mol. The molecule has 0 fully saturated rings. The minimum absolute atomic E-state index is 0.136. The van der Waals surface area contributed by atoms with Crippen LogP contribution in [0.5, 0.6) is 0 Å². The number of carbonyl (C=O) groups is 2. The molecule has 18 heavy (non-hydrogen) atoms. The fraction of sp³-hybridized carbons (Fsp3) is 0.800. The molecule has 0 aromatic rings. The highest BCUT2D eigenvalue weighted by molar-refractivity contribution is 5.82. The zero-order valence-electron chi connectivity index (χ0n) is 10.4. The lowest BCUT2D eigenvalue weighted by Gasteiger charge is -2.14. The van der Waals surface area contributed by atoms with Gasteiger partial charge in [-0.05, 0) is 6.92 Å². The number of hydrogen-bond donors (Lipinski definition) is 4. The van der Waals surface area contributed by atoms with E-state index in [1.165, 1.54) is 6.92 Å². The summed E-state index contributed by atoms with van der Waals surface area (Å²) in [6.07, 6.45) is -0.895. The number of aliphatic hydroxyl groups is 1. The molecule has 0 aliphatic heterocycles. The van der Waals surface area contributed by atoms with Crippen LogP contribution >= 0.6 is 0 Å². The van der Waals surface area contributed by atoms with Crippen LogP contribution in [0.3, 0.4) is 0 Å². The highest BCUT2D eigenvalue weighted by Crippen LogP contribution is 1.87. The first-order valence-corrected chi connectivity index (χ1v) is 5.60. The molecule has 2 unspecified atom stereocenters. The lowest BCUT2D eigenvalue weighted by Crippen LogP contribution is -2.47. The second kappa shape index (κ2) is 9.77. The van der Waals surface area contributed by atoms with Gasteiger partial charge in [0.1, 0.15) is 12.6 Å². The van der Waals surface area contributed by atoms with Crippen LogP contribution < -0.4 is 16.8 Å². The van der Waals surface area contributed by atoms with Gasteiger partial charge in [-0.1, -0.05) is 0 Å². The first kappa shape index (κ1) is 16.8. The molecule has 0 saturated heterocycles. The molecule has 0 aliphatic rings. The van der Waals surface area contributed by atoms with Gasteiger partial charge < -0.3 is 31.4 Å². The smallest absolute Gasteiger partial charge is 0.243 e. The summed E-state index contributed by atoms with van der Waals surface area (Å²) < 4.78 is 9.96. The van der Waals surface area contributed by atoms with Crippen molar-refractivity contribution < 1.29 is 24.2 Å². The van der Waals surface area contributed by atoms with Crippen molar-refractivity contribution in [2.45, 2.75) is 19.1 Å². The first-order valence-electron chi connectivity index (χ1n) is 5.60. The normalized spacial score (nSPS) is 13.9. The molecule has 0 rings (SSSR count). The van der Waals surface area contributed by atoms with E-state index in [0.717, 1.165) is 0 Å². The van der Waals surface area contributed by atoms with E-state index in [1.807, 2.05) is 0 Å². The van der Waals surface area contributed by atoms with Crippen molar-refractivity contribution in [1.82, 2.24) is 5.32 Å². The van der Waals surface area contributed by atoms with Crippen molar-refractivity contribution in [3.63, 3.8) is 0 Å². The van der Waals surface area contributed by atoms with Gasteiger partial charge in [0.15, 0.2) is 0 Å². The highest BCUT2D eigenvalue weighted by atomic mass is 16.5. The van der Waals surface area contributed by atoms with E-state index >= 15 is 0 Å². The second-order valence-corrected chi connectivity index (χ2v) is 3.69. The van der Waals surface area contributed by atoms with E-state index in [4.69, 9.17) is 26.0 Å². The summed E-state index contributed by atoms with van der Waals surface area (Å²) in [5.74, 6) is -0.965.